The highest BCUT2D eigenvalue weighted by molar-refractivity contribution is 5.65. The van der Waals surface area contributed by atoms with E-state index in [2.05, 4.69) is 50.0 Å². The fourth-order valence-corrected chi connectivity index (χ4v) is 2.07. The van der Waals surface area contributed by atoms with Crippen LogP contribution >= 0.6 is 0 Å². The highest BCUT2D eigenvalue weighted by Crippen LogP contribution is 2.28. The molecule has 0 saturated heterocycles. The summed E-state index contributed by atoms with van der Waals surface area (Å²) in [4.78, 5) is 4.47. The third kappa shape index (κ3) is 2.55. The maximum atomic E-state index is 4.47. The van der Waals surface area contributed by atoms with Gasteiger partial charge in [0.15, 0.2) is 0 Å². The summed E-state index contributed by atoms with van der Waals surface area (Å²) in [5.74, 6) is 0.526. The lowest BCUT2D eigenvalue weighted by atomic mass is 9.93. The first-order chi connectivity index (χ1) is 8.22. The lowest BCUT2D eigenvalue weighted by molar-refractivity contribution is 0.866. The maximum Gasteiger partial charge on any atom is 0.0704 e. The van der Waals surface area contributed by atoms with Gasteiger partial charge in [0.2, 0.25) is 0 Å². The van der Waals surface area contributed by atoms with Gasteiger partial charge in [-0.25, -0.2) is 0 Å². The number of pyridine rings is 1. The Bertz CT molecular complexity index is 486. The molecular formula is C16H19N. The molecule has 0 atom stereocenters. The van der Waals surface area contributed by atoms with E-state index in [0.717, 1.165) is 12.1 Å². The van der Waals surface area contributed by atoms with Crippen molar-refractivity contribution in [3.05, 3.63) is 53.7 Å². The predicted octanol–water partition coefficient (Wildman–Crippen LogP) is 4.43. The molecule has 0 bridgehead atoms. The number of aryl methyl sites for hydroxylation is 1. The van der Waals surface area contributed by atoms with Gasteiger partial charge in [-0.3, -0.25) is 4.98 Å². The summed E-state index contributed by atoms with van der Waals surface area (Å²) in [5.41, 5.74) is 5.10. The average Bonchev–Trinajstić information content (AvgIpc) is 2.39. The molecule has 0 amide bonds. The fraction of sp³-hybridized carbons (Fsp3) is 0.312. The van der Waals surface area contributed by atoms with E-state index in [4.69, 9.17) is 0 Å². The highest BCUT2D eigenvalue weighted by atomic mass is 14.7. The third-order valence-electron chi connectivity index (χ3n) is 3.09. The van der Waals surface area contributed by atoms with E-state index >= 15 is 0 Å². The predicted molar refractivity (Wildman–Crippen MR) is 73.1 cm³/mol. The molecule has 1 heterocycles. The molecule has 2 rings (SSSR count). The van der Waals surface area contributed by atoms with Crippen LogP contribution in [-0.4, -0.2) is 4.98 Å². The van der Waals surface area contributed by atoms with Crippen LogP contribution in [0.25, 0.3) is 11.3 Å². The molecule has 0 radical (unpaired) electrons. The van der Waals surface area contributed by atoms with Crippen LogP contribution in [0.1, 0.15) is 37.8 Å². The lowest BCUT2D eigenvalue weighted by Gasteiger charge is -2.13. The van der Waals surface area contributed by atoms with Crippen molar-refractivity contribution in [2.45, 2.75) is 33.1 Å². The Morgan fingerprint density at radius 1 is 1.12 bits per heavy atom. The SMILES string of the molecule is CCc1ccc(C(C)C)c(-c2ccccn2)c1. The third-order valence-corrected chi connectivity index (χ3v) is 3.09. The molecule has 0 aliphatic heterocycles. The Hall–Kier alpha value is -1.63. The quantitative estimate of drug-likeness (QED) is 0.752. The van der Waals surface area contributed by atoms with Crippen LogP contribution in [0.4, 0.5) is 0 Å². The smallest absolute Gasteiger partial charge is 0.0704 e. The molecule has 0 saturated carbocycles. The Morgan fingerprint density at radius 2 is 1.94 bits per heavy atom. The van der Waals surface area contributed by atoms with Gasteiger partial charge < -0.3 is 0 Å². The number of benzene rings is 1. The Balaban J connectivity index is 2.57. The van der Waals surface area contributed by atoms with Crippen molar-refractivity contribution in [3.8, 4) is 11.3 Å². The van der Waals surface area contributed by atoms with Crippen molar-refractivity contribution in [2.75, 3.05) is 0 Å². The van der Waals surface area contributed by atoms with Crippen LogP contribution in [0.5, 0.6) is 0 Å². The second-order valence-electron chi connectivity index (χ2n) is 4.64. The van der Waals surface area contributed by atoms with Crippen molar-refractivity contribution in [1.82, 2.24) is 4.98 Å². The second-order valence-corrected chi connectivity index (χ2v) is 4.64. The number of rotatable bonds is 3. The van der Waals surface area contributed by atoms with Crippen LogP contribution in [0.2, 0.25) is 0 Å². The van der Waals surface area contributed by atoms with E-state index < -0.39 is 0 Å². The molecule has 0 aliphatic carbocycles. The van der Waals surface area contributed by atoms with Gasteiger partial charge in [0.25, 0.3) is 0 Å². The minimum Gasteiger partial charge on any atom is -0.256 e. The Labute approximate surface area is 104 Å². The summed E-state index contributed by atoms with van der Waals surface area (Å²) in [6.07, 6.45) is 2.93. The van der Waals surface area contributed by atoms with E-state index in [1.54, 1.807) is 0 Å². The first kappa shape index (κ1) is 11.8. The monoisotopic (exact) mass is 225 g/mol. The first-order valence-electron chi connectivity index (χ1n) is 6.26. The lowest BCUT2D eigenvalue weighted by Crippen LogP contribution is -1.95. The summed E-state index contributed by atoms with van der Waals surface area (Å²) in [6.45, 7) is 6.65. The van der Waals surface area contributed by atoms with Crippen molar-refractivity contribution < 1.29 is 0 Å². The van der Waals surface area contributed by atoms with Gasteiger partial charge >= 0.3 is 0 Å². The fourth-order valence-electron chi connectivity index (χ4n) is 2.07. The maximum absolute atomic E-state index is 4.47. The van der Waals surface area contributed by atoms with Crippen LogP contribution in [0.15, 0.2) is 42.6 Å². The molecule has 0 fully saturated rings. The summed E-state index contributed by atoms with van der Waals surface area (Å²) < 4.78 is 0. The van der Waals surface area contributed by atoms with Gasteiger partial charge in [-0.15, -0.1) is 0 Å². The zero-order valence-corrected chi connectivity index (χ0v) is 10.8. The van der Waals surface area contributed by atoms with Gasteiger partial charge in [0, 0.05) is 11.8 Å². The van der Waals surface area contributed by atoms with Crippen LogP contribution in [0, 0.1) is 0 Å². The van der Waals surface area contributed by atoms with Gasteiger partial charge in [-0.2, -0.15) is 0 Å². The molecule has 2 aromatic rings. The van der Waals surface area contributed by atoms with E-state index in [1.165, 1.54) is 16.7 Å². The Kier molecular flexibility index (Phi) is 3.58. The molecule has 1 aromatic carbocycles. The van der Waals surface area contributed by atoms with E-state index in [-0.39, 0.29) is 0 Å². The van der Waals surface area contributed by atoms with Gasteiger partial charge in [-0.05, 0) is 41.7 Å². The molecule has 88 valence electrons. The van der Waals surface area contributed by atoms with Crippen LogP contribution < -0.4 is 0 Å². The van der Waals surface area contributed by atoms with E-state index in [0.29, 0.717) is 5.92 Å². The molecule has 0 spiro atoms. The summed E-state index contributed by atoms with van der Waals surface area (Å²) in [5, 5.41) is 0. The van der Waals surface area contributed by atoms with Gasteiger partial charge in [0.1, 0.15) is 0 Å². The molecular weight excluding hydrogens is 206 g/mol. The number of hydrogen-bond donors (Lipinski definition) is 0. The topological polar surface area (TPSA) is 12.9 Å². The molecule has 0 aliphatic rings. The normalized spacial score (nSPS) is 10.8. The van der Waals surface area contributed by atoms with Crippen molar-refractivity contribution >= 4 is 0 Å². The van der Waals surface area contributed by atoms with E-state index in [9.17, 15) is 0 Å². The molecule has 1 heteroatoms. The number of aromatic nitrogens is 1. The van der Waals surface area contributed by atoms with Crippen molar-refractivity contribution in [2.24, 2.45) is 0 Å². The average molecular weight is 225 g/mol. The summed E-state index contributed by atoms with van der Waals surface area (Å²) in [6, 6.07) is 12.8. The minimum absolute atomic E-state index is 0.526. The molecule has 0 unspecified atom stereocenters. The highest BCUT2D eigenvalue weighted by Gasteiger charge is 2.09. The number of hydrogen-bond acceptors (Lipinski definition) is 1. The van der Waals surface area contributed by atoms with Crippen LogP contribution in [0.3, 0.4) is 0 Å². The molecule has 0 N–H and O–H groups in total. The molecule has 17 heavy (non-hydrogen) atoms. The minimum atomic E-state index is 0.526. The Morgan fingerprint density at radius 3 is 2.53 bits per heavy atom. The summed E-state index contributed by atoms with van der Waals surface area (Å²) >= 11 is 0. The van der Waals surface area contributed by atoms with Crippen molar-refractivity contribution in [1.29, 1.82) is 0 Å². The standard InChI is InChI=1S/C16H19N/c1-4-13-8-9-14(12(2)3)15(11-13)16-7-5-6-10-17-16/h5-12H,4H2,1-3H3. The van der Waals surface area contributed by atoms with Gasteiger partial charge in [0.05, 0.1) is 5.69 Å². The van der Waals surface area contributed by atoms with Crippen molar-refractivity contribution in [3.63, 3.8) is 0 Å². The summed E-state index contributed by atoms with van der Waals surface area (Å²) in [7, 11) is 0. The molecule has 1 aromatic heterocycles. The van der Waals surface area contributed by atoms with Crippen LogP contribution in [-0.2, 0) is 6.42 Å². The second kappa shape index (κ2) is 5.13. The largest absolute Gasteiger partial charge is 0.256 e. The zero-order chi connectivity index (χ0) is 12.3. The molecule has 1 nitrogen and oxygen atoms in total. The van der Waals surface area contributed by atoms with Gasteiger partial charge in [-0.1, -0.05) is 39.0 Å². The number of nitrogens with zero attached hydrogens (tertiary/aromatic N) is 1. The zero-order valence-electron chi connectivity index (χ0n) is 10.8. The first-order valence-corrected chi connectivity index (χ1v) is 6.26. The van der Waals surface area contributed by atoms with E-state index in [1.807, 2.05) is 18.3 Å².